The number of hydrogen-bond donors (Lipinski definition) is 1. The van der Waals surface area contributed by atoms with E-state index >= 15 is 0 Å². The van der Waals surface area contributed by atoms with Crippen LogP contribution in [0.3, 0.4) is 0 Å². The Kier molecular flexibility index (Phi) is 8.38. The number of pyridine rings is 1. The zero-order valence-corrected chi connectivity index (χ0v) is 26.2. The van der Waals surface area contributed by atoms with Crippen LogP contribution < -0.4 is 0 Å². The van der Waals surface area contributed by atoms with Crippen LogP contribution in [-0.2, 0) is 17.0 Å². The van der Waals surface area contributed by atoms with Gasteiger partial charge in [0.25, 0.3) is 0 Å². The summed E-state index contributed by atoms with van der Waals surface area (Å²) in [5.41, 5.74) is 1.72. The van der Waals surface area contributed by atoms with Gasteiger partial charge in [0.05, 0.1) is 17.4 Å². The molecule has 1 unspecified atom stereocenters. The second kappa shape index (κ2) is 10.2. The van der Waals surface area contributed by atoms with Gasteiger partial charge in [-0.15, -0.1) is 0 Å². The molecular formula is C28H38F4INO2Si. The molecule has 206 valence electrons. The lowest BCUT2D eigenvalue weighted by atomic mass is 9.74. The van der Waals surface area contributed by atoms with Gasteiger partial charge in [-0.05, 0) is 82.6 Å². The van der Waals surface area contributed by atoms with Crippen LogP contribution in [-0.4, -0.2) is 18.4 Å². The molecule has 1 heterocycles. The normalized spacial score (nSPS) is 19.2. The van der Waals surface area contributed by atoms with Crippen molar-refractivity contribution in [3.05, 3.63) is 61.2 Å². The molecule has 2 atom stereocenters. The number of benzene rings is 1. The van der Waals surface area contributed by atoms with Crippen LogP contribution in [0, 0.1) is 14.8 Å². The maximum Gasteiger partial charge on any atom is 0.419 e. The molecule has 0 fully saturated rings. The van der Waals surface area contributed by atoms with Gasteiger partial charge in [0, 0.05) is 20.4 Å². The van der Waals surface area contributed by atoms with Crippen LogP contribution in [0.5, 0.6) is 0 Å². The zero-order chi connectivity index (χ0) is 28.3. The van der Waals surface area contributed by atoms with E-state index in [0.29, 0.717) is 17.3 Å². The first-order valence-electron chi connectivity index (χ1n) is 12.6. The van der Waals surface area contributed by atoms with E-state index in [-0.39, 0.29) is 28.0 Å². The molecule has 1 aliphatic rings. The van der Waals surface area contributed by atoms with E-state index in [1.165, 1.54) is 0 Å². The van der Waals surface area contributed by atoms with Gasteiger partial charge in [-0.2, -0.15) is 13.2 Å². The highest BCUT2D eigenvalue weighted by molar-refractivity contribution is 14.1. The molecule has 3 rings (SSSR count). The van der Waals surface area contributed by atoms with Crippen molar-refractivity contribution in [1.29, 1.82) is 0 Å². The molecule has 0 saturated heterocycles. The van der Waals surface area contributed by atoms with E-state index in [4.69, 9.17) is 9.41 Å². The Bertz CT molecular complexity index is 1170. The Labute approximate surface area is 232 Å². The number of fused-ring (bicyclic) bond motifs is 1. The van der Waals surface area contributed by atoms with Crippen LogP contribution in [0.4, 0.5) is 17.6 Å². The first-order valence-corrected chi connectivity index (χ1v) is 16.6. The molecule has 0 saturated carbocycles. The van der Waals surface area contributed by atoms with Crippen molar-refractivity contribution in [2.75, 3.05) is 0 Å². The summed E-state index contributed by atoms with van der Waals surface area (Å²) < 4.78 is 61.5. The average Bonchev–Trinajstić information content (AvgIpc) is 2.69. The molecule has 0 aliphatic heterocycles. The predicted molar refractivity (Wildman–Crippen MR) is 150 cm³/mol. The summed E-state index contributed by atoms with van der Waals surface area (Å²) in [6.07, 6.45) is -4.83. The highest BCUT2D eigenvalue weighted by Gasteiger charge is 2.44. The van der Waals surface area contributed by atoms with Gasteiger partial charge in [-0.25, -0.2) is 4.39 Å². The highest BCUT2D eigenvalue weighted by atomic mass is 127. The maximum atomic E-state index is 14.4. The van der Waals surface area contributed by atoms with E-state index in [2.05, 4.69) is 70.3 Å². The zero-order valence-electron chi connectivity index (χ0n) is 23.1. The van der Waals surface area contributed by atoms with E-state index in [9.17, 15) is 22.7 Å². The topological polar surface area (TPSA) is 42.4 Å². The number of hydrogen-bond acceptors (Lipinski definition) is 3. The van der Waals surface area contributed by atoms with Crippen molar-refractivity contribution in [3.63, 3.8) is 0 Å². The van der Waals surface area contributed by atoms with Gasteiger partial charge >= 0.3 is 6.18 Å². The Morgan fingerprint density at radius 1 is 1.16 bits per heavy atom. The van der Waals surface area contributed by atoms with Crippen molar-refractivity contribution in [2.45, 2.75) is 104 Å². The van der Waals surface area contributed by atoms with Crippen molar-refractivity contribution in [3.8, 4) is 0 Å². The number of nitrogens with zero attached hydrogens (tertiary/aromatic N) is 1. The lowest BCUT2D eigenvalue weighted by molar-refractivity contribution is -0.140. The third-order valence-electron chi connectivity index (χ3n) is 7.70. The number of aliphatic hydroxyl groups excluding tert-OH is 1. The second-order valence-corrected chi connectivity index (χ2v) is 18.6. The molecule has 0 radical (unpaired) electrons. The molecule has 1 aliphatic carbocycles. The van der Waals surface area contributed by atoms with Crippen LogP contribution >= 0.6 is 22.6 Å². The number of rotatable bonds is 5. The number of aliphatic hydroxyl groups is 1. The first kappa shape index (κ1) is 30.5. The molecule has 1 aromatic heterocycles. The largest absolute Gasteiger partial charge is 0.419 e. The molecule has 37 heavy (non-hydrogen) atoms. The van der Waals surface area contributed by atoms with Crippen LogP contribution in [0.2, 0.25) is 18.1 Å². The van der Waals surface area contributed by atoms with Crippen LogP contribution in [0.1, 0.15) is 107 Å². The summed E-state index contributed by atoms with van der Waals surface area (Å²) in [5.74, 6) is -1.47. The van der Waals surface area contributed by atoms with Gasteiger partial charge in [-0.3, -0.25) is 4.98 Å². The molecular weight excluding hydrogens is 613 g/mol. The Morgan fingerprint density at radius 2 is 1.76 bits per heavy atom. The standard InChI is InChI=1S/C28H38F4INO2Si/c1-15(2)24-22(25(35)16-10-11-17(18(29)12-16)28(30,31)32)23(33)21-19(34-24)13-27(6,7)14-20(21)36-37(8,9)26(3,4)5/h10-12,15,20,25,35H,13-14H2,1-9H3/t20-,25?/m0/s1. The van der Waals surface area contributed by atoms with E-state index < -0.39 is 32.0 Å². The Morgan fingerprint density at radius 3 is 2.24 bits per heavy atom. The number of halogens is 5. The summed E-state index contributed by atoms with van der Waals surface area (Å²) in [4.78, 5) is 5.03. The monoisotopic (exact) mass is 651 g/mol. The maximum absolute atomic E-state index is 14.4. The van der Waals surface area contributed by atoms with Crippen molar-refractivity contribution in [2.24, 2.45) is 5.41 Å². The molecule has 1 N–H and O–H groups in total. The van der Waals surface area contributed by atoms with Crippen molar-refractivity contribution < 1.29 is 27.1 Å². The smallest absolute Gasteiger partial charge is 0.410 e. The van der Waals surface area contributed by atoms with Gasteiger partial charge in [0.15, 0.2) is 8.32 Å². The third kappa shape index (κ3) is 6.25. The number of aromatic nitrogens is 1. The Hall–Kier alpha value is -1.04. The fourth-order valence-corrected chi connectivity index (χ4v) is 7.17. The Balaban J connectivity index is 2.21. The highest BCUT2D eigenvalue weighted by Crippen LogP contribution is 2.50. The molecule has 2 aromatic rings. The minimum atomic E-state index is -4.81. The van der Waals surface area contributed by atoms with Crippen molar-refractivity contribution in [1.82, 2.24) is 4.98 Å². The SMILES string of the molecule is CC(C)c1nc2c(c(I)c1C(O)c1ccc(C(F)(F)F)c(F)c1)[C@@H](O[Si](C)(C)C(C)(C)C)CC(C)(C)C2. The minimum absolute atomic E-state index is 0.00834. The van der Waals surface area contributed by atoms with Gasteiger partial charge < -0.3 is 9.53 Å². The predicted octanol–water partition coefficient (Wildman–Crippen LogP) is 9.08. The summed E-state index contributed by atoms with van der Waals surface area (Å²) in [7, 11) is -2.17. The quantitative estimate of drug-likeness (QED) is 0.199. The van der Waals surface area contributed by atoms with Gasteiger partial charge in [0.2, 0.25) is 0 Å². The molecule has 3 nitrogen and oxygen atoms in total. The lowest BCUT2D eigenvalue weighted by Crippen LogP contribution is -2.44. The summed E-state index contributed by atoms with van der Waals surface area (Å²) in [6, 6.07) is 2.61. The molecule has 0 amide bonds. The van der Waals surface area contributed by atoms with Crippen molar-refractivity contribution >= 4 is 30.9 Å². The van der Waals surface area contributed by atoms with E-state index in [1.54, 1.807) is 0 Å². The number of alkyl halides is 3. The molecule has 1 aromatic carbocycles. The minimum Gasteiger partial charge on any atom is -0.410 e. The fraction of sp³-hybridized carbons (Fsp3) is 0.607. The summed E-state index contributed by atoms with van der Waals surface area (Å²) >= 11 is 2.21. The second-order valence-electron chi connectivity index (χ2n) is 12.8. The van der Waals surface area contributed by atoms with Crippen LogP contribution in [0.15, 0.2) is 18.2 Å². The first-order chi connectivity index (χ1) is 16.7. The van der Waals surface area contributed by atoms with E-state index in [0.717, 1.165) is 39.8 Å². The summed E-state index contributed by atoms with van der Waals surface area (Å²) in [5, 5.41) is 11.4. The summed E-state index contributed by atoms with van der Waals surface area (Å²) in [6.45, 7) is 19.3. The third-order valence-corrected chi connectivity index (χ3v) is 13.3. The van der Waals surface area contributed by atoms with Crippen LogP contribution in [0.25, 0.3) is 0 Å². The lowest BCUT2D eigenvalue weighted by Gasteiger charge is -2.44. The van der Waals surface area contributed by atoms with E-state index in [1.807, 2.05) is 13.8 Å². The molecule has 0 bridgehead atoms. The van der Waals surface area contributed by atoms with Gasteiger partial charge in [-0.1, -0.05) is 54.5 Å². The molecule has 9 heteroatoms. The molecule has 0 spiro atoms. The fourth-order valence-electron chi connectivity index (χ4n) is 4.67. The van der Waals surface area contributed by atoms with Gasteiger partial charge in [0.1, 0.15) is 11.9 Å². The average molecular weight is 652 g/mol.